The van der Waals surface area contributed by atoms with Gasteiger partial charge in [0.25, 0.3) is 0 Å². The Kier molecular flexibility index (Phi) is 4.44. The lowest BCUT2D eigenvalue weighted by molar-refractivity contribution is 0.144. The predicted molar refractivity (Wildman–Crippen MR) is 74.5 cm³/mol. The van der Waals surface area contributed by atoms with E-state index in [9.17, 15) is 0 Å². The highest BCUT2D eigenvalue weighted by atomic mass is 79.9. The van der Waals surface area contributed by atoms with Crippen LogP contribution < -0.4 is 10.5 Å². The number of ether oxygens (including phenoxy) is 1. The summed E-state index contributed by atoms with van der Waals surface area (Å²) in [5.74, 6) is 1.52. The van der Waals surface area contributed by atoms with Crippen LogP contribution in [0.15, 0.2) is 51.6 Å². The molecule has 4 heteroatoms. The number of benzene rings is 1. The Morgan fingerprint density at radius 2 is 2.06 bits per heavy atom. The zero-order chi connectivity index (χ0) is 13.0. The van der Waals surface area contributed by atoms with Crippen LogP contribution in [0.1, 0.15) is 25.2 Å². The third-order valence-electron chi connectivity index (χ3n) is 2.77. The number of hydrogen-bond acceptors (Lipinski definition) is 3. The first-order valence-corrected chi connectivity index (χ1v) is 6.72. The summed E-state index contributed by atoms with van der Waals surface area (Å²) >= 11 is 3.46. The molecule has 2 N–H and O–H groups in total. The second-order valence-corrected chi connectivity index (χ2v) is 4.91. The highest BCUT2D eigenvalue weighted by molar-refractivity contribution is 9.10. The average molecular weight is 310 g/mol. The van der Waals surface area contributed by atoms with Gasteiger partial charge in [-0.05, 0) is 46.6 Å². The van der Waals surface area contributed by atoms with E-state index in [-0.39, 0.29) is 12.1 Å². The highest BCUT2D eigenvalue weighted by Crippen LogP contribution is 2.31. The molecule has 0 saturated heterocycles. The molecule has 3 nitrogen and oxygen atoms in total. The van der Waals surface area contributed by atoms with Crippen LogP contribution in [0.3, 0.4) is 0 Å². The molecule has 1 aromatic carbocycles. The predicted octanol–water partition coefficient (Wildman–Crippen LogP) is 3.90. The normalized spacial score (nSPS) is 14.2. The molecule has 2 unspecified atom stereocenters. The van der Waals surface area contributed by atoms with Gasteiger partial charge in [-0.3, -0.25) is 0 Å². The number of rotatable bonds is 5. The molecular formula is C14H16BrNO2. The molecule has 96 valence electrons. The van der Waals surface area contributed by atoms with Crippen molar-refractivity contribution in [1.29, 1.82) is 0 Å². The maximum Gasteiger partial charge on any atom is 0.171 e. The molecule has 1 heterocycles. The number of hydrogen-bond donors (Lipinski definition) is 1. The van der Waals surface area contributed by atoms with E-state index in [1.54, 1.807) is 6.26 Å². The number of halogens is 1. The van der Waals surface area contributed by atoms with Gasteiger partial charge >= 0.3 is 0 Å². The molecule has 0 bridgehead atoms. The van der Waals surface area contributed by atoms with Crippen LogP contribution in [-0.2, 0) is 0 Å². The van der Waals surface area contributed by atoms with Crippen LogP contribution in [0.2, 0.25) is 0 Å². The zero-order valence-corrected chi connectivity index (χ0v) is 11.8. The Hall–Kier alpha value is -1.26. The maximum absolute atomic E-state index is 6.11. The van der Waals surface area contributed by atoms with E-state index < -0.39 is 0 Å². The number of furan rings is 1. The van der Waals surface area contributed by atoms with E-state index in [0.29, 0.717) is 0 Å². The van der Waals surface area contributed by atoms with Crippen molar-refractivity contribution in [3.8, 4) is 5.75 Å². The van der Waals surface area contributed by atoms with Gasteiger partial charge in [0, 0.05) is 6.04 Å². The molecule has 0 saturated carbocycles. The lowest BCUT2D eigenvalue weighted by Crippen LogP contribution is -2.31. The molecule has 0 amide bonds. The lowest BCUT2D eigenvalue weighted by Gasteiger charge is -2.23. The minimum Gasteiger partial charge on any atom is -0.480 e. The Labute approximate surface area is 115 Å². The summed E-state index contributed by atoms with van der Waals surface area (Å²) in [5.41, 5.74) is 6.11. The van der Waals surface area contributed by atoms with Gasteiger partial charge in [0.15, 0.2) is 6.10 Å². The summed E-state index contributed by atoms with van der Waals surface area (Å²) in [7, 11) is 0. The van der Waals surface area contributed by atoms with E-state index in [2.05, 4.69) is 15.9 Å². The van der Waals surface area contributed by atoms with Gasteiger partial charge < -0.3 is 14.9 Å². The quantitative estimate of drug-likeness (QED) is 0.911. The maximum atomic E-state index is 6.11. The first-order chi connectivity index (χ1) is 8.72. The zero-order valence-electron chi connectivity index (χ0n) is 10.2. The molecule has 0 spiro atoms. The van der Waals surface area contributed by atoms with Gasteiger partial charge in [-0.25, -0.2) is 0 Å². The second-order valence-electron chi connectivity index (χ2n) is 4.06. The third-order valence-corrected chi connectivity index (χ3v) is 3.43. The van der Waals surface area contributed by atoms with Crippen molar-refractivity contribution in [1.82, 2.24) is 0 Å². The third kappa shape index (κ3) is 2.94. The summed E-state index contributed by atoms with van der Waals surface area (Å²) in [6, 6.07) is 11.3. The molecule has 0 aliphatic heterocycles. The molecule has 0 aliphatic carbocycles. The SMILES string of the molecule is CCC(N)C(Oc1ccccc1Br)c1ccco1. The van der Waals surface area contributed by atoms with Crippen LogP contribution in [0, 0.1) is 0 Å². The topological polar surface area (TPSA) is 48.4 Å². The Balaban J connectivity index is 2.24. The Morgan fingerprint density at radius 1 is 1.28 bits per heavy atom. The first kappa shape index (κ1) is 13.2. The van der Waals surface area contributed by atoms with Crippen molar-refractivity contribution in [2.75, 3.05) is 0 Å². The number of nitrogens with two attached hydrogens (primary N) is 1. The minimum atomic E-state index is -0.274. The first-order valence-electron chi connectivity index (χ1n) is 5.92. The van der Waals surface area contributed by atoms with Crippen molar-refractivity contribution >= 4 is 15.9 Å². The van der Waals surface area contributed by atoms with E-state index in [1.165, 1.54) is 0 Å². The van der Waals surface area contributed by atoms with Gasteiger partial charge in [-0.2, -0.15) is 0 Å². The monoisotopic (exact) mass is 309 g/mol. The van der Waals surface area contributed by atoms with E-state index >= 15 is 0 Å². The largest absolute Gasteiger partial charge is 0.480 e. The molecule has 2 aromatic rings. The molecule has 0 aliphatic rings. The Bertz CT molecular complexity index is 484. The summed E-state index contributed by atoms with van der Waals surface area (Å²) in [4.78, 5) is 0. The summed E-state index contributed by atoms with van der Waals surface area (Å²) in [6.45, 7) is 2.03. The van der Waals surface area contributed by atoms with Crippen molar-refractivity contribution in [2.24, 2.45) is 5.73 Å². The molecule has 1 aromatic heterocycles. The van der Waals surface area contributed by atoms with E-state index in [0.717, 1.165) is 22.4 Å². The van der Waals surface area contributed by atoms with Crippen LogP contribution in [-0.4, -0.2) is 6.04 Å². The number of para-hydroxylation sites is 1. The smallest absolute Gasteiger partial charge is 0.171 e. The fraction of sp³-hybridized carbons (Fsp3) is 0.286. The van der Waals surface area contributed by atoms with Crippen molar-refractivity contribution < 1.29 is 9.15 Å². The van der Waals surface area contributed by atoms with Crippen molar-refractivity contribution in [2.45, 2.75) is 25.5 Å². The van der Waals surface area contributed by atoms with Gasteiger partial charge in [0.05, 0.1) is 10.7 Å². The fourth-order valence-electron chi connectivity index (χ4n) is 1.70. The summed E-state index contributed by atoms with van der Waals surface area (Å²) in [5, 5.41) is 0. The molecule has 18 heavy (non-hydrogen) atoms. The lowest BCUT2D eigenvalue weighted by atomic mass is 10.1. The van der Waals surface area contributed by atoms with E-state index in [4.69, 9.17) is 14.9 Å². The molecular weight excluding hydrogens is 294 g/mol. The van der Waals surface area contributed by atoms with Crippen molar-refractivity contribution in [3.05, 3.63) is 52.9 Å². The van der Waals surface area contributed by atoms with Crippen LogP contribution in [0.5, 0.6) is 5.75 Å². The molecule has 0 fully saturated rings. The standard InChI is InChI=1S/C14H16BrNO2/c1-2-11(16)14(13-8-5-9-17-13)18-12-7-4-3-6-10(12)15/h3-9,11,14H,2,16H2,1H3. The van der Waals surface area contributed by atoms with Gasteiger partial charge in [-0.1, -0.05) is 19.1 Å². The van der Waals surface area contributed by atoms with E-state index in [1.807, 2.05) is 43.3 Å². The van der Waals surface area contributed by atoms with Crippen LogP contribution >= 0.6 is 15.9 Å². The average Bonchev–Trinajstić information content (AvgIpc) is 2.90. The summed E-state index contributed by atoms with van der Waals surface area (Å²) < 4.78 is 12.3. The fourth-order valence-corrected chi connectivity index (χ4v) is 2.08. The Morgan fingerprint density at radius 3 is 2.67 bits per heavy atom. The highest BCUT2D eigenvalue weighted by Gasteiger charge is 2.23. The molecule has 0 radical (unpaired) electrons. The van der Waals surface area contributed by atoms with Gasteiger partial charge in [-0.15, -0.1) is 0 Å². The van der Waals surface area contributed by atoms with Crippen LogP contribution in [0.4, 0.5) is 0 Å². The molecule has 2 rings (SSSR count). The second kappa shape index (κ2) is 6.07. The van der Waals surface area contributed by atoms with Gasteiger partial charge in [0.2, 0.25) is 0 Å². The minimum absolute atomic E-state index is 0.108. The van der Waals surface area contributed by atoms with Crippen LogP contribution in [0.25, 0.3) is 0 Å². The van der Waals surface area contributed by atoms with Gasteiger partial charge in [0.1, 0.15) is 11.5 Å². The molecule has 2 atom stereocenters. The summed E-state index contributed by atoms with van der Waals surface area (Å²) in [6.07, 6.45) is 2.17. The van der Waals surface area contributed by atoms with Crippen molar-refractivity contribution in [3.63, 3.8) is 0 Å².